The van der Waals surface area contributed by atoms with Gasteiger partial charge in [0.15, 0.2) is 5.78 Å². The predicted molar refractivity (Wildman–Crippen MR) is 82.0 cm³/mol. The number of piperazine rings is 1. The fourth-order valence-electron chi connectivity index (χ4n) is 2.62. The van der Waals surface area contributed by atoms with Crippen molar-refractivity contribution in [2.45, 2.75) is 19.0 Å². The Morgan fingerprint density at radius 2 is 2.24 bits per heavy atom. The van der Waals surface area contributed by atoms with Crippen LogP contribution >= 0.6 is 11.6 Å². The van der Waals surface area contributed by atoms with Crippen LogP contribution < -0.4 is 0 Å². The third-order valence-electron chi connectivity index (χ3n) is 3.97. The SMILES string of the molecule is COCCn1ncc(Cl)c1C(=O)CC1CN(C)CCN1C. The number of carbonyl (C=O) groups excluding carboxylic acids is 1. The van der Waals surface area contributed by atoms with Crippen molar-refractivity contribution >= 4 is 17.4 Å². The molecule has 0 saturated carbocycles. The van der Waals surface area contributed by atoms with Crippen LogP contribution in [0, 0.1) is 0 Å². The number of hydrogen-bond acceptors (Lipinski definition) is 5. The first-order chi connectivity index (χ1) is 10.0. The second kappa shape index (κ2) is 7.35. The van der Waals surface area contributed by atoms with Crippen molar-refractivity contribution in [3.8, 4) is 0 Å². The monoisotopic (exact) mass is 314 g/mol. The zero-order valence-corrected chi connectivity index (χ0v) is 13.6. The van der Waals surface area contributed by atoms with E-state index in [-0.39, 0.29) is 11.8 Å². The molecule has 1 aromatic heterocycles. The van der Waals surface area contributed by atoms with Gasteiger partial charge in [0, 0.05) is 39.2 Å². The highest BCUT2D eigenvalue weighted by Crippen LogP contribution is 2.20. The van der Waals surface area contributed by atoms with Crippen molar-refractivity contribution in [1.29, 1.82) is 0 Å². The first-order valence-electron chi connectivity index (χ1n) is 7.15. The van der Waals surface area contributed by atoms with E-state index in [4.69, 9.17) is 16.3 Å². The van der Waals surface area contributed by atoms with Gasteiger partial charge in [0.1, 0.15) is 5.69 Å². The van der Waals surface area contributed by atoms with E-state index in [1.165, 1.54) is 6.20 Å². The molecule has 0 aromatic carbocycles. The maximum Gasteiger partial charge on any atom is 0.184 e. The van der Waals surface area contributed by atoms with Crippen molar-refractivity contribution in [1.82, 2.24) is 19.6 Å². The summed E-state index contributed by atoms with van der Waals surface area (Å²) in [5, 5.41) is 4.58. The van der Waals surface area contributed by atoms with E-state index >= 15 is 0 Å². The third-order valence-corrected chi connectivity index (χ3v) is 4.24. The van der Waals surface area contributed by atoms with Crippen molar-refractivity contribution in [3.63, 3.8) is 0 Å². The van der Waals surface area contributed by atoms with Gasteiger partial charge in [0.25, 0.3) is 0 Å². The standard InChI is InChI=1S/C14H23ClN4O2/c1-17-4-5-18(2)11(10-17)8-13(20)14-12(15)9-16-19(14)6-7-21-3/h9,11H,4-8,10H2,1-3H3. The Bertz CT molecular complexity index is 491. The first-order valence-corrected chi connectivity index (χ1v) is 7.53. The molecule has 2 heterocycles. The average molecular weight is 315 g/mol. The van der Waals surface area contributed by atoms with Crippen molar-refractivity contribution in [3.05, 3.63) is 16.9 Å². The molecule has 1 saturated heterocycles. The van der Waals surface area contributed by atoms with Gasteiger partial charge < -0.3 is 14.5 Å². The topological polar surface area (TPSA) is 50.6 Å². The van der Waals surface area contributed by atoms with E-state index in [0.29, 0.717) is 30.3 Å². The van der Waals surface area contributed by atoms with Gasteiger partial charge in [0.2, 0.25) is 0 Å². The summed E-state index contributed by atoms with van der Waals surface area (Å²) in [6.07, 6.45) is 1.99. The van der Waals surface area contributed by atoms with E-state index in [9.17, 15) is 4.79 Å². The number of halogens is 1. The number of ether oxygens (including phenoxy) is 1. The highest BCUT2D eigenvalue weighted by molar-refractivity contribution is 6.33. The molecule has 2 rings (SSSR count). The molecular formula is C14H23ClN4O2. The van der Waals surface area contributed by atoms with Gasteiger partial charge in [-0.1, -0.05) is 11.6 Å². The van der Waals surface area contributed by atoms with E-state index in [0.717, 1.165) is 19.6 Å². The molecule has 1 fully saturated rings. The van der Waals surface area contributed by atoms with Gasteiger partial charge in [-0.2, -0.15) is 5.10 Å². The second-order valence-electron chi connectivity index (χ2n) is 5.58. The average Bonchev–Trinajstić information content (AvgIpc) is 2.81. The zero-order chi connectivity index (χ0) is 15.4. The Labute approximate surface area is 130 Å². The minimum Gasteiger partial charge on any atom is -0.383 e. The molecule has 6 nitrogen and oxygen atoms in total. The van der Waals surface area contributed by atoms with E-state index in [2.05, 4.69) is 29.0 Å². The van der Waals surface area contributed by atoms with Crippen LogP contribution in [0.2, 0.25) is 5.02 Å². The Balaban J connectivity index is 2.07. The number of carbonyl (C=O) groups is 1. The lowest BCUT2D eigenvalue weighted by atomic mass is 10.0. The Morgan fingerprint density at radius 1 is 1.48 bits per heavy atom. The molecule has 1 aliphatic heterocycles. The van der Waals surface area contributed by atoms with Gasteiger partial charge in [-0.25, -0.2) is 0 Å². The normalized spacial score (nSPS) is 20.9. The van der Waals surface area contributed by atoms with Crippen LogP contribution in [0.5, 0.6) is 0 Å². The van der Waals surface area contributed by atoms with Crippen LogP contribution in [0.4, 0.5) is 0 Å². The maximum absolute atomic E-state index is 12.6. The van der Waals surface area contributed by atoms with Crippen LogP contribution in [0.25, 0.3) is 0 Å². The minimum atomic E-state index is 0.0424. The van der Waals surface area contributed by atoms with Gasteiger partial charge >= 0.3 is 0 Å². The van der Waals surface area contributed by atoms with E-state index in [1.54, 1.807) is 11.8 Å². The molecule has 0 radical (unpaired) electrons. The van der Waals surface area contributed by atoms with Gasteiger partial charge in [-0.15, -0.1) is 0 Å². The van der Waals surface area contributed by atoms with E-state index < -0.39 is 0 Å². The highest BCUT2D eigenvalue weighted by Gasteiger charge is 2.27. The lowest BCUT2D eigenvalue weighted by molar-refractivity contribution is 0.0799. The molecule has 1 aromatic rings. The second-order valence-corrected chi connectivity index (χ2v) is 5.99. The number of hydrogen-bond donors (Lipinski definition) is 0. The number of methoxy groups -OCH3 is 1. The molecule has 0 N–H and O–H groups in total. The molecule has 118 valence electrons. The molecule has 0 spiro atoms. The van der Waals surface area contributed by atoms with E-state index in [1.807, 2.05) is 0 Å². The van der Waals surface area contributed by atoms with Crippen LogP contribution in [0.1, 0.15) is 16.9 Å². The summed E-state index contributed by atoms with van der Waals surface area (Å²) in [5.74, 6) is 0.0424. The lowest BCUT2D eigenvalue weighted by Gasteiger charge is -2.37. The fraction of sp³-hybridized carbons (Fsp3) is 0.714. The summed E-state index contributed by atoms with van der Waals surface area (Å²) in [5.41, 5.74) is 0.496. The van der Waals surface area contributed by atoms with Gasteiger partial charge in [-0.3, -0.25) is 9.48 Å². The summed E-state index contributed by atoms with van der Waals surface area (Å²) in [6.45, 7) is 3.94. The van der Waals surface area contributed by atoms with Crippen LogP contribution in [0.3, 0.4) is 0 Å². The first kappa shape index (κ1) is 16.4. The highest BCUT2D eigenvalue weighted by atomic mass is 35.5. The molecular weight excluding hydrogens is 292 g/mol. The maximum atomic E-state index is 12.6. The molecule has 7 heteroatoms. The van der Waals surface area contributed by atoms with Crippen molar-refractivity contribution < 1.29 is 9.53 Å². The summed E-state index contributed by atoms with van der Waals surface area (Å²) < 4.78 is 6.68. The quantitative estimate of drug-likeness (QED) is 0.733. The molecule has 1 atom stereocenters. The third kappa shape index (κ3) is 4.03. The molecule has 0 aliphatic carbocycles. The molecule has 0 bridgehead atoms. The molecule has 21 heavy (non-hydrogen) atoms. The summed E-state index contributed by atoms with van der Waals surface area (Å²) in [6, 6.07) is 0.220. The number of Topliss-reactive ketones (excluding diaryl/α,β-unsaturated/α-hetero) is 1. The number of likely N-dealkylation sites (N-methyl/N-ethyl adjacent to an activating group) is 2. The zero-order valence-electron chi connectivity index (χ0n) is 12.9. The van der Waals surface area contributed by atoms with Gasteiger partial charge in [-0.05, 0) is 14.1 Å². The fourth-order valence-corrected chi connectivity index (χ4v) is 2.87. The predicted octanol–water partition coefficient (Wildman–Crippen LogP) is 1.00. The van der Waals surface area contributed by atoms with Crippen molar-refractivity contribution in [2.24, 2.45) is 0 Å². The summed E-state index contributed by atoms with van der Waals surface area (Å²) in [4.78, 5) is 17.1. The smallest absolute Gasteiger partial charge is 0.184 e. The Morgan fingerprint density at radius 3 is 2.95 bits per heavy atom. The van der Waals surface area contributed by atoms with Crippen LogP contribution in [-0.4, -0.2) is 78.9 Å². The van der Waals surface area contributed by atoms with Crippen LogP contribution in [0.15, 0.2) is 6.20 Å². The largest absolute Gasteiger partial charge is 0.383 e. The summed E-state index contributed by atoms with van der Waals surface area (Å²) >= 11 is 6.13. The summed E-state index contributed by atoms with van der Waals surface area (Å²) in [7, 11) is 5.77. The number of ketones is 1. The van der Waals surface area contributed by atoms with Crippen LogP contribution in [-0.2, 0) is 11.3 Å². The van der Waals surface area contributed by atoms with Gasteiger partial charge in [0.05, 0.1) is 24.4 Å². The molecule has 1 unspecified atom stereocenters. The Kier molecular flexibility index (Phi) is 5.75. The molecule has 0 amide bonds. The Hall–Kier alpha value is -0.950. The number of aromatic nitrogens is 2. The number of nitrogens with zero attached hydrogens (tertiary/aromatic N) is 4. The lowest BCUT2D eigenvalue weighted by Crippen LogP contribution is -2.50. The van der Waals surface area contributed by atoms with Crippen molar-refractivity contribution in [2.75, 3.05) is 47.4 Å². The minimum absolute atomic E-state index is 0.0424. The molecule has 1 aliphatic rings. The number of rotatable bonds is 6.